The van der Waals surface area contributed by atoms with E-state index in [9.17, 15) is 9.18 Å². The second-order valence-electron chi connectivity index (χ2n) is 7.86. The monoisotopic (exact) mass is 472 g/mol. The van der Waals surface area contributed by atoms with Gasteiger partial charge in [-0.05, 0) is 49.2 Å². The molecule has 3 aromatic rings. The molecule has 1 saturated heterocycles. The Morgan fingerprint density at radius 1 is 1.33 bits per heavy atom. The summed E-state index contributed by atoms with van der Waals surface area (Å²) < 4.78 is 26.7. The van der Waals surface area contributed by atoms with Gasteiger partial charge in [0.2, 0.25) is 0 Å². The maximum absolute atomic E-state index is 13.5. The minimum absolute atomic E-state index is 0.230. The highest BCUT2D eigenvalue weighted by atomic mass is 35.5. The summed E-state index contributed by atoms with van der Waals surface area (Å²) in [7, 11) is 1.79. The summed E-state index contributed by atoms with van der Waals surface area (Å²) in [5, 5.41) is 10.9. The molecular weight excluding hydrogens is 447 g/mol. The van der Waals surface area contributed by atoms with E-state index >= 15 is 0 Å². The first-order chi connectivity index (χ1) is 16.0. The van der Waals surface area contributed by atoms with Crippen LogP contribution in [-0.4, -0.2) is 48.1 Å². The summed E-state index contributed by atoms with van der Waals surface area (Å²) in [6.45, 7) is 2.67. The van der Waals surface area contributed by atoms with Gasteiger partial charge in [-0.2, -0.15) is 5.10 Å². The summed E-state index contributed by atoms with van der Waals surface area (Å²) in [5.41, 5.74) is 2.12. The average Bonchev–Trinajstić information content (AvgIpc) is 3.15. The molecule has 0 bridgehead atoms. The fourth-order valence-electron chi connectivity index (χ4n) is 3.79. The van der Waals surface area contributed by atoms with Crippen molar-refractivity contribution in [1.29, 1.82) is 0 Å². The molecule has 0 radical (unpaired) electrons. The second-order valence-corrected chi connectivity index (χ2v) is 8.26. The topological polar surface area (TPSA) is 77.4 Å². The predicted molar refractivity (Wildman–Crippen MR) is 125 cm³/mol. The number of amides is 1. The minimum atomic E-state index is -0.470. The molecule has 2 heterocycles. The molecule has 1 fully saturated rings. The minimum Gasteiger partial charge on any atom is -0.492 e. The van der Waals surface area contributed by atoms with Crippen LogP contribution in [0.15, 0.2) is 48.7 Å². The quantitative estimate of drug-likeness (QED) is 0.478. The number of carbonyl (C=O) groups is 1. The number of benzene rings is 2. The van der Waals surface area contributed by atoms with Gasteiger partial charge in [0.1, 0.15) is 18.2 Å². The highest BCUT2D eigenvalue weighted by Gasteiger charge is 2.17. The van der Waals surface area contributed by atoms with Gasteiger partial charge in [0.15, 0.2) is 0 Å². The molecule has 1 aliphatic rings. The number of aromatic nitrogens is 2. The number of aryl methyl sites for hydroxylation is 1. The zero-order chi connectivity index (χ0) is 23.2. The molecule has 174 valence electrons. The summed E-state index contributed by atoms with van der Waals surface area (Å²) >= 11 is 6.39. The van der Waals surface area contributed by atoms with Crippen molar-refractivity contribution < 1.29 is 18.7 Å². The van der Waals surface area contributed by atoms with E-state index in [4.69, 9.17) is 21.1 Å². The van der Waals surface area contributed by atoms with E-state index in [-0.39, 0.29) is 5.56 Å². The van der Waals surface area contributed by atoms with E-state index < -0.39 is 11.7 Å². The largest absolute Gasteiger partial charge is 0.492 e. The third-order valence-corrected chi connectivity index (χ3v) is 5.70. The number of rotatable bonds is 8. The Morgan fingerprint density at radius 3 is 2.94 bits per heavy atom. The average molecular weight is 473 g/mol. The molecule has 9 heteroatoms. The van der Waals surface area contributed by atoms with Crippen LogP contribution in [0.4, 0.5) is 10.1 Å². The molecule has 1 atom stereocenters. The van der Waals surface area contributed by atoms with Crippen molar-refractivity contribution in [2.75, 3.05) is 31.7 Å². The molecule has 0 aliphatic carbocycles. The lowest BCUT2D eigenvalue weighted by atomic mass is 10.1. The van der Waals surface area contributed by atoms with E-state index in [2.05, 4.69) is 15.7 Å². The summed E-state index contributed by atoms with van der Waals surface area (Å²) in [6.07, 6.45) is 3.71. The highest BCUT2D eigenvalue weighted by molar-refractivity contribution is 6.33. The van der Waals surface area contributed by atoms with Gasteiger partial charge >= 0.3 is 0 Å². The smallest absolute Gasteiger partial charge is 0.255 e. The van der Waals surface area contributed by atoms with Crippen LogP contribution in [0.25, 0.3) is 11.3 Å². The maximum Gasteiger partial charge on any atom is 0.255 e. The van der Waals surface area contributed by atoms with Crippen LogP contribution in [0.1, 0.15) is 23.2 Å². The molecule has 4 rings (SSSR count). The molecule has 2 N–H and O–H groups in total. The number of halogens is 2. The van der Waals surface area contributed by atoms with E-state index in [0.29, 0.717) is 46.9 Å². The van der Waals surface area contributed by atoms with Gasteiger partial charge in [0, 0.05) is 43.1 Å². The van der Waals surface area contributed by atoms with Gasteiger partial charge in [-0.3, -0.25) is 9.48 Å². The van der Waals surface area contributed by atoms with Crippen LogP contribution < -0.4 is 15.4 Å². The van der Waals surface area contributed by atoms with Crippen molar-refractivity contribution >= 4 is 23.2 Å². The van der Waals surface area contributed by atoms with Crippen LogP contribution in [0.2, 0.25) is 5.02 Å². The fourth-order valence-corrected chi connectivity index (χ4v) is 4.06. The third-order valence-electron chi connectivity index (χ3n) is 5.43. The van der Waals surface area contributed by atoms with Crippen molar-refractivity contribution in [2.24, 2.45) is 7.05 Å². The fraction of sp³-hybridized carbons (Fsp3) is 0.333. The van der Waals surface area contributed by atoms with Crippen molar-refractivity contribution in [3.63, 3.8) is 0 Å². The predicted octanol–water partition coefficient (Wildman–Crippen LogP) is 4.28. The molecule has 1 aliphatic heterocycles. The van der Waals surface area contributed by atoms with E-state index in [1.54, 1.807) is 42.2 Å². The third kappa shape index (κ3) is 5.90. The Hall–Kier alpha value is -2.94. The molecule has 7 nitrogen and oxygen atoms in total. The van der Waals surface area contributed by atoms with Crippen molar-refractivity contribution in [3.8, 4) is 17.0 Å². The van der Waals surface area contributed by atoms with Crippen LogP contribution in [0.5, 0.6) is 5.75 Å². The maximum atomic E-state index is 13.5. The first kappa shape index (κ1) is 23.2. The number of hydrogen-bond donors (Lipinski definition) is 2. The molecule has 1 amide bonds. The Labute approximate surface area is 196 Å². The van der Waals surface area contributed by atoms with Crippen LogP contribution in [0.3, 0.4) is 0 Å². The standard InChI is InChI=1S/C24H26ClFN4O3/c1-30-23(21(25)14-28-30)20-13-18(29-24(31)16-4-2-5-17(26)12-16)7-8-22(20)33-11-9-27-19-6-3-10-32-15-19/h2,4-5,7-8,12-14,19,27H,3,6,9-11,15H2,1H3,(H,29,31). The van der Waals surface area contributed by atoms with Gasteiger partial charge in [0.25, 0.3) is 5.91 Å². The van der Waals surface area contributed by atoms with Gasteiger partial charge in [-0.15, -0.1) is 0 Å². The second kappa shape index (κ2) is 10.8. The van der Waals surface area contributed by atoms with Crippen molar-refractivity contribution in [2.45, 2.75) is 18.9 Å². The zero-order valence-electron chi connectivity index (χ0n) is 18.3. The normalized spacial score (nSPS) is 15.9. The number of hydrogen-bond acceptors (Lipinski definition) is 5. The highest BCUT2D eigenvalue weighted by Crippen LogP contribution is 2.36. The lowest BCUT2D eigenvalue weighted by molar-refractivity contribution is 0.0693. The molecule has 2 aromatic carbocycles. The van der Waals surface area contributed by atoms with Crippen molar-refractivity contribution in [1.82, 2.24) is 15.1 Å². The summed E-state index contributed by atoms with van der Waals surface area (Å²) in [5.74, 6) is -0.266. The van der Waals surface area contributed by atoms with Gasteiger partial charge in [-0.1, -0.05) is 17.7 Å². The van der Waals surface area contributed by atoms with Crippen molar-refractivity contribution in [3.05, 3.63) is 65.1 Å². The SMILES string of the molecule is Cn1ncc(Cl)c1-c1cc(NC(=O)c2cccc(F)c2)ccc1OCCNC1CCCOC1. The first-order valence-electron chi connectivity index (χ1n) is 10.8. The number of ether oxygens (including phenoxy) is 2. The van der Waals surface area contributed by atoms with Gasteiger partial charge in [-0.25, -0.2) is 4.39 Å². The van der Waals surface area contributed by atoms with E-state index in [1.807, 2.05) is 0 Å². The van der Waals surface area contributed by atoms with Gasteiger partial charge < -0.3 is 20.1 Å². The molecule has 1 unspecified atom stereocenters. The Kier molecular flexibility index (Phi) is 7.59. The number of nitrogens with one attached hydrogen (secondary N) is 2. The van der Waals surface area contributed by atoms with E-state index in [1.165, 1.54) is 18.2 Å². The molecule has 33 heavy (non-hydrogen) atoms. The Bertz CT molecular complexity index is 1100. The summed E-state index contributed by atoms with van der Waals surface area (Å²) in [4.78, 5) is 12.6. The van der Waals surface area contributed by atoms with Crippen LogP contribution >= 0.6 is 11.6 Å². The number of nitrogens with zero attached hydrogens (tertiary/aromatic N) is 2. The lowest BCUT2D eigenvalue weighted by Gasteiger charge is -2.23. The lowest BCUT2D eigenvalue weighted by Crippen LogP contribution is -2.38. The summed E-state index contributed by atoms with van der Waals surface area (Å²) in [6, 6.07) is 11.2. The molecule has 1 aromatic heterocycles. The molecule has 0 saturated carbocycles. The Balaban J connectivity index is 1.50. The van der Waals surface area contributed by atoms with E-state index in [0.717, 1.165) is 26.1 Å². The van der Waals surface area contributed by atoms with Crippen LogP contribution in [0, 0.1) is 5.82 Å². The molecule has 0 spiro atoms. The van der Waals surface area contributed by atoms with Gasteiger partial charge in [0.05, 0.1) is 23.5 Å². The Morgan fingerprint density at radius 2 is 2.21 bits per heavy atom. The molecular formula is C24H26ClFN4O3. The number of anilines is 1. The van der Waals surface area contributed by atoms with Crippen LogP contribution in [-0.2, 0) is 11.8 Å². The number of carbonyl (C=O) groups excluding carboxylic acids is 1. The first-order valence-corrected chi connectivity index (χ1v) is 11.2. The zero-order valence-corrected chi connectivity index (χ0v) is 19.1.